The van der Waals surface area contributed by atoms with Crippen LogP contribution in [0.5, 0.6) is 0 Å². The Labute approximate surface area is 155 Å². The van der Waals surface area contributed by atoms with E-state index in [1.54, 1.807) is 12.1 Å². The smallest absolute Gasteiger partial charge is 0.328 e. The number of benzene rings is 1. The molecule has 0 saturated heterocycles. The minimum atomic E-state index is -3.91. The van der Waals surface area contributed by atoms with Gasteiger partial charge < -0.3 is 10.4 Å². The van der Waals surface area contributed by atoms with Crippen molar-refractivity contribution in [1.29, 1.82) is 0 Å². The van der Waals surface area contributed by atoms with Gasteiger partial charge in [-0.1, -0.05) is 38.5 Å². The number of fused-ring (bicyclic) bond motifs is 2. The third kappa shape index (κ3) is 2.91. The van der Waals surface area contributed by atoms with Crippen molar-refractivity contribution in [3.63, 3.8) is 0 Å². The molecule has 4 unspecified atom stereocenters. The Morgan fingerprint density at radius 2 is 1.85 bits per heavy atom. The lowest BCUT2D eigenvalue weighted by atomic mass is 9.70. The van der Waals surface area contributed by atoms with Gasteiger partial charge in [-0.25, -0.2) is 17.9 Å². The van der Waals surface area contributed by atoms with E-state index in [1.807, 2.05) is 11.6 Å². The molecule has 2 aliphatic rings. The van der Waals surface area contributed by atoms with Crippen molar-refractivity contribution in [2.24, 2.45) is 22.7 Å². The third-order valence-electron chi connectivity index (χ3n) is 7.01. The highest BCUT2D eigenvalue weighted by Gasteiger charge is 2.65. The summed E-state index contributed by atoms with van der Waals surface area (Å²) in [5, 5.41) is 13.4. The van der Waals surface area contributed by atoms with Crippen molar-refractivity contribution in [2.75, 3.05) is 6.54 Å². The normalized spacial score (nSPS) is 32.4. The van der Waals surface area contributed by atoms with Crippen LogP contribution in [0.25, 0.3) is 0 Å². The maximum Gasteiger partial charge on any atom is 0.328 e. The summed E-state index contributed by atoms with van der Waals surface area (Å²) >= 11 is 0. The number of amides is 2. The molecule has 1 aromatic rings. The number of hydrogen-bond acceptors (Lipinski definition) is 4. The van der Waals surface area contributed by atoms with Gasteiger partial charge in [0, 0.05) is 12.5 Å². The van der Waals surface area contributed by atoms with Crippen LogP contribution in [0.2, 0.25) is 0 Å². The minimum absolute atomic E-state index is 0.00319. The highest BCUT2D eigenvalue weighted by Crippen LogP contribution is 2.67. The van der Waals surface area contributed by atoms with Gasteiger partial charge in [0.1, 0.15) is 0 Å². The Kier molecular flexibility index (Phi) is 4.60. The van der Waals surface area contributed by atoms with Gasteiger partial charge in [-0.15, -0.1) is 0 Å². The molecule has 0 aliphatic heterocycles. The highest BCUT2D eigenvalue weighted by atomic mass is 32.2. The van der Waals surface area contributed by atoms with E-state index in [-0.39, 0.29) is 28.2 Å². The standard InChI is InChI=1S/C19H28N2O4S/c1-12-5-7-13(8-6-12)26(24,25)21-17(23)20-11-14-15-9-10-19(4,16(14)22)18(15,2)3/h5-8,14-16,22H,9-11H2,1-4H3,(H2,20,21,23). The molecule has 1 aromatic carbocycles. The maximum atomic E-state index is 12.3. The Morgan fingerprint density at radius 1 is 1.23 bits per heavy atom. The van der Waals surface area contributed by atoms with E-state index < -0.39 is 22.2 Å². The summed E-state index contributed by atoms with van der Waals surface area (Å²) in [7, 11) is -3.91. The first-order valence-corrected chi connectivity index (χ1v) is 10.5. The second-order valence-corrected chi connectivity index (χ2v) is 10.2. The van der Waals surface area contributed by atoms with E-state index in [0.29, 0.717) is 5.92 Å². The van der Waals surface area contributed by atoms with E-state index in [0.717, 1.165) is 18.4 Å². The van der Waals surface area contributed by atoms with Crippen LogP contribution in [0.3, 0.4) is 0 Å². The van der Waals surface area contributed by atoms with Gasteiger partial charge in [0.15, 0.2) is 0 Å². The number of rotatable bonds is 4. The van der Waals surface area contributed by atoms with Crippen molar-refractivity contribution in [2.45, 2.75) is 51.5 Å². The Hall–Kier alpha value is -1.60. The van der Waals surface area contributed by atoms with Gasteiger partial charge >= 0.3 is 6.03 Å². The maximum absolute atomic E-state index is 12.3. The molecule has 0 aromatic heterocycles. The molecule has 2 saturated carbocycles. The van der Waals surface area contributed by atoms with Crippen molar-refractivity contribution in [3.8, 4) is 0 Å². The molecule has 6 nitrogen and oxygen atoms in total. The second-order valence-electron chi connectivity index (χ2n) is 8.52. The average Bonchev–Trinajstić information content (AvgIpc) is 2.86. The van der Waals surface area contributed by atoms with E-state index in [2.05, 4.69) is 26.1 Å². The number of aryl methyl sites for hydroxylation is 1. The summed E-state index contributed by atoms with van der Waals surface area (Å²) in [6.07, 6.45) is 1.51. The van der Waals surface area contributed by atoms with Crippen LogP contribution < -0.4 is 10.0 Å². The zero-order valence-corrected chi connectivity index (χ0v) is 16.6. The van der Waals surface area contributed by atoms with Crippen LogP contribution in [0, 0.1) is 29.6 Å². The topological polar surface area (TPSA) is 95.5 Å². The second kappa shape index (κ2) is 6.23. The molecule has 4 atom stereocenters. The molecule has 26 heavy (non-hydrogen) atoms. The summed E-state index contributed by atoms with van der Waals surface area (Å²) in [4.78, 5) is 12.2. The highest BCUT2D eigenvalue weighted by molar-refractivity contribution is 7.90. The number of aliphatic hydroxyl groups is 1. The molecule has 3 N–H and O–H groups in total. The first kappa shape index (κ1) is 19.2. The molecular formula is C19H28N2O4S. The fourth-order valence-electron chi connectivity index (χ4n) is 4.93. The number of urea groups is 1. The van der Waals surface area contributed by atoms with Crippen molar-refractivity contribution in [1.82, 2.24) is 10.0 Å². The molecule has 7 heteroatoms. The lowest BCUT2D eigenvalue weighted by Gasteiger charge is -2.37. The van der Waals surface area contributed by atoms with Crippen molar-refractivity contribution in [3.05, 3.63) is 29.8 Å². The van der Waals surface area contributed by atoms with E-state index >= 15 is 0 Å². The summed E-state index contributed by atoms with van der Waals surface area (Å²) in [5.41, 5.74) is 0.785. The Bertz CT molecular complexity index is 803. The quantitative estimate of drug-likeness (QED) is 0.747. The van der Waals surface area contributed by atoms with Gasteiger partial charge in [0.2, 0.25) is 0 Å². The van der Waals surface area contributed by atoms with Crippen LogP contribution in [-0.2, 0) is 10.0 Å². The number of carbonyl (C=O) groups is 1. The van der Waals surface area contributed by atoms with Crippen LogP contribution in [0.1, 0.15) is 39.2 Å². The first-order chi connectivity index (χ1) is 12.0. The number of aliphatic hydroxyl groups excluding tert-OH is 1. The van der Waals surface area contributed by atoms with Gasteiger partial charge in [-0.3, -0.25) is 0 Å². The van der Waals surface area contributed by atoms with Gasteiger partial charge in [0.05, 0.1) is 11.0 Å². The van der Waals surface area contributed by atoms with Crippen molar-refractivity contribution >= 4 is 16.1 Å². The molecule has 144 valence electrons. The molecule has 0 spiro atoms. The lowest BCUT2D eigenvalue weighted by molar-refractivity contribution is -0.00936. The number of sulfonamides is 1. The summed E-state index contributed by atoms with van der Waals surface area (Å²) in [6, 6.07) is 5.53. The van der Waals surface area contributed by atoms with Crippen LogP contribution in [0.15, 0.2) is 29.2 Å². The molecule has 2 aliphatic carbocycles. The molecule has 0 radical (unpaired) electrons. The third-order valence-corrected chi connectivity index (χ3v) is 8.35. The number of hydrogen-bond donors (Lipinski definition) is 3. The van der Waals surface area contributed by atoms with Crippen LogP contribution in [0.4, 0.5) is 4.79 Å². The van der Waals surface area contributed by atoms with Crippen LogP contribution in [-0.4, -0.2) is 32.2 Å². The largest absolute Gasteiger partial charge is 0.392 e. The van der Waals surface area contributed by atoms with E-state index in [9.17, 15) is 18.3 Å². The summed E-state index contributed by atoms with van der Waals surface area (Å²) in [6.45, 7) is 8.59. The molecule has 2 bridgehead atoms. The fourth-order valence-corrected chi connectivity index (χ4v) is 5.86. The Balaban J connectivity index is 1.62. The number of carbonyl (C=O) groups excluding carboxylic acids is 1. The fraction of sp³-hybridized carbons (Fsp3) is 0.632. The SMILES string of the molecule is Cc1ccc(S(=O)(=O)NC(=O)NCC2C3CCC(C)(C2O)C3(C)C)cc1. The van der Waals surface area contributed by atoms with Gasteiger partial charge in [-0.05, 0) is 48.6 Å². The first-order valence-electron chi connectivity index (χ1n) is 9.04. The predicted octanol–water partition coefficient (Wildman–Crippen LogP) is 2.42. The minimum Gasteiger partial charge on any atom is -0.392 e. The van der Waals surface area contributed by atoms with E-state index in [1.165, 1.54) is 12.1 Å². The molecule has 0 heterocycles. The zero-order valence-electron chi connectivity index (χ0n) is 15.7. The predicted molar refractivity (Wildman–Crippen MR) is 99.0 cm³/mol. The van der Waals surface area contributed by atoms with E-state index in [4.69, 9.17) is 0 Å². The average molecular weight is 381 g/mol. The monoisotopic (exact) mass is 380 g/mol. The van der Waals surface area contributed by atoms with Crippen molar-refractivity contribution < 1.29 is 18.3 Å². The Morgan fingerprint density at radius 3 is 2.38 bits per heavy atom. The van der Waals surface area contributed by atoms with Gasteiger partial charge in [-0.2, -0.15) is 0 Å². The lowest BCUT2D eigenvalue weighted by Crippen LogP contribution is -2.45. The zero-order chi connectivity index (χ0) is 19.3. The molecule has 2 fully saturated rings. The summed E-state index contributed by atoms with van der Waals surface area (Å²) < 4.78 is 26.6. The molecule has 2 amide bonds. The molecular weight excluding hydrogens is 352 g/mol. The molecule has 3 rings (SSSR count). The van der Waals surface area contributed by atoms with Gasteiger partial charge in [0.25, 0.3) is 10.0 Å². The summed E-state index contributed by atoms with van der Waals surface area (Å²) in [5.74, 6) is 0.257. The number of nitrogens with one attached hydrogen (secondary N) is 2. The van der Waals surface area contributed by atoms with Crippen LogP contribution >= 0.6 is 0 Å².